The van der Waals surface area contributed by atoms with Crippen LogP contribution in [0.25, 0.3) is 0 Å². The molecule has 98 valence electrons. The monoisotopic (exact) mass is 248 g/mol. The first-order valence-corrected chi connectivity index (χ1v) is 6.38. The SMILES string of the molecule is C=C1/C=C\C=C/NC2=C1CCN(CC(C)(C)F)C2. The Balaban J connectivity index is 2.14. The van der Waals surface area contributed by atoms with Gasteiger partial charge in [0.25, 0.3) is 0 Å². The molecule has 1 N–H and O–H groups in total. The van der Waals surface area contributed by atoms with E-state index >= 15 is 0 Å². The topological polar surface area (TPSA) is 15.3 Å². The third-order valence-electron chi connectivity index (χ3n) is 3.17. The van der Waals surface area contributed by atoms with Crippen molar-refractivity contribution in [3.8, 4) is 0 Å². The van der Waals surface area contributed by atoms with Gasteiger partial charge in [-0.05, 0) is 37.5 Å². The van der Waals surface area contributed by atoms with Crippen molar-refractivity contribution in [3.05, 3.63) is 47.9 Å². The molecule has 0 bridgehead atoms. The predicted molar refractivity (Wildman–Crippen MR) is 73.8 cm³/mol. The van der Waals surface area contributed by atoms with E-state index in [1.54, 1.807) is 13.8 Å². The Bertz CT molecular complexity index is 424. The maximum absolute atomic E-state index is 13.7. The molecule has 0 saturated heterocycles. The van der Waals surface area contributed by atoms with Gasteiger partial charge in [-0.1, -0.05) is 18.7 Å². The summed E-state index contributed by atoms with van der Waals surface area (Å²) in [6.45, 7) is 9.47. The maximum Gasteiger partial charge on any atom is 0.118 e. The minimum Gasteiger partial charge on any atom is -0.364 e. The largest absolute Gasteiger partial charge is 0.364 e. The highest BCUT2D eigenvalue weighted by atomic mass is 19.1. The van der Waals surface area contributed by atoms with Gasteiger partial charge in [0.15, 0.2) is 0 Å². The van der Waals surface area contributed by atoms with Crippen LogP contribution in [0.1, 0.15) is 20.3 Å². The fraction of sp³-hybridized carbons (Fsp3) is 0.467. The molecule has 0 unspecified atom stereocenters. The molecule has 0 saturated carbocycles. The van der Waals surface area contributed by atoms with Gasteiger partial charge in [-0.2, -0.15) is 0 Å². The van der Waals surface area contributed by atoms with E-state index in [2.05, 4.69) is 16.8 Å². The van der Waals surface area contributed by atoms with Gasteiger partial charge in [-0.15, -0.1) is 0 Å². The van der Waals surface area contributed by atoms with Crippen molar-refractivity contribution in [1.29, 1.82) is 0 Å². The fourth-order valence-electron chi connectivity index (χ4n) is 2.45. The second kappa shape index (κ2) is 5.11. The molecule has 0 aromatic carbocycles. The Kier molecular flexibility index (Phi) is 3.71. The Morgan fingerprint density at radius 2 is 2.22 bits per heavy atom. The van der Waals surface area contributed by atoms with E-state index in [-0.39, 0.29) is 0 Å². The van der Waals surface area contributed by atoms with Gasteiger partial charge in [0.2, 0.25) is 0 Å². The van der Waals surface area contributed by atoms with Crippen LogP contribution in [0.2, 0.25) is 0 Å². The molecular formula is C15H21FN2. The fourth-order valence-corrected chi connectivity index (χ4v) is 2.45. The minimum atomic E-state index is -1.15. The molecule has 0 aromatic heterocycles. The van der Waals surface area contributed by atoms with Gasteiger partial charge in [-0.25, -0.2) is 4.39 Å². The van der Waals surface area contributed by atoms with Crippen molar-refractivity contribution in [2.75, 3.05) is 19.6 Å². The van der Waals surface area contributed by atoms with Crippen LogP contribution in [0.15, 0.2) is 47.9 Å². The van der Waals surface area contributed by atoms with E-state index < -0.39 is 5.67 Å². The lowest BCUT2D eigenvalue weighted by atomic mass is 9.96. The van der Waals surface area contributed by atoms with Crippen LogP contribution < -0.4 is 5.32 Å². The number of allylic oxidation sites excluding steroid dienone is 4. The van der Waals surface area contributed by atoms with Crippen molar-refractivity contribution < 1.29 is 4.39 Å². The van der Waals surface area contributed by atoms with Crippen molar-refractivity contribution in [2.45, 2.75) is 25.9 Å². The summed E-state index contributed by atoms with van der Waals surface area (Å²) in [5.74, 6) is 0. The second-order valence-electron chi connectivity index (χ2n) is 5.52. The van der Waals surface area contributed by atoms with Crippen LogP contribution in [0.5, 0.6) is 0 Å². The lowest BCUT2D eigenvalue weighted by Crippen LogP contribution is -2.42. The summed E-state index contributed by atoms with van der Waals surface area (Å²) in [5, 5.41) is 3.29. The van der Waals surface area contributed by atoms with Crippen molar-refractivity contribution in [1.82, 2.24) is 10.2 Å². The van der Waals surface area contributed by atoms with Gasteiger partial charge in [0, 0.05) is 31.5 Å². The summed E-state index contributed by atoms with van der Waals surface area (Å²) in [6.07, 6.45) is 8.81. The lowest BCUT2D eigenvalue weighted by Gasteiger charge is -2.34. The van der Waals surface area contributed by atoms with E-state index in [0.717, 1.165) is 30.8 Å². The molecule has 0 amide bonds. The maximum atomic E-state index is 13.7. The van der Waals surface area contributed by atoms with Crippen LogP contribution in [0.4, 0.5) is 4.39 Å². The number of rotatable bonds is 2. The molecule has 0 aliphatic carbocycles. The van der Waals surface area contributed by atoms with E-state index in [4.69, 9.17) is 0 Å². The third kappa shape index (κ3) is 3.33. The van der Waals surface area contributed by atoms with Crippen molar-refractivity contribution >= 4 is 0 Å². The minimum absolute atomic E-state index is 0.470. The van der Waals surface area contributed by atoms with E-state index in [1.807, 2.05) is 24.4 Å². The first-order valence-electron chi connectivity index (χ1n) is 6.38. The Morgan fingerprint density at radius 1 is 1.44 bits per heavy atom. The summed E-state index contributed by atoms with van der Waals surface area (Å²) >= 11 is 0. The van der Waals surface area contributed by atoms with Crippen molar-refractivity contribution in [3.63, 3.8) is 0 Å². The van der Waals surface area contributed by atoms with Crippen LogP contribution in [-0.4, -0.2) is 30.2 Å². The molecular weight excluding hydrogens is 227 g/mol. The molecule has 0 radical (unpaired) electrons. The molecule has 0 spiro atoms. The van der Waals surface area contributed by atoms with E-state index in [9.17, 15) is 4.39 Å². The van der Waals surface area contributed by atoms with Crippen LogP contribution in [0.3, 0.4) is 0 Å². The zero-order valence-corrected chi connectivity index (χ0v) is 11.2. The highest BCUT2D eigenvalue weighted by Gasteiger charge is 2.25. The zero-order valence-electron chi connectivity index (χ0n) is 11.2. The molecule has 2 nitrogen and oxygen atoms in total. The predicted octanol–water partition coefficient (Wildman–Crippen LogP) is 2.92. The van der Waals surface area contributed by atoms with Gasteiger partial charge in [0.1, 0.15) is 5.67 Å². The normalized spacial score (nSPS) is 24.9. The van der Waals surface area contributed by atoms with E-state index in [0.29, 0.717) is 6.54 Å². The lowest BCUT2D eigenvalue weighted by molar-refractivity contribution is 0.128. The number of alkyl halides is 1. The Labute approximate surface area is 109 Å². The highest BCUT2D eigenvalue weighted by Crippen LogP contribution is 2.25. The number of nitrogens with zero attached hydrogens (tertiary/aromatic N) is 1. The quantitative estimate of drug-likeness (QED) is 0.808. The molecule has 2 heterocycles. The molecule has 2 rings (SSSR count). The first-order chi connectivity index (χ1) is 8.46. The highest BCUT2D eigenvalue weighted by molar-refractivity contribution is 5.44. The standard InChI is InChI=1S/C15H21FN2/c1-12-6-4-5-8-17-14-10-18(9-7-13(12)14)11-15(2,3)16/h4-6,8,17H,1,7,9-11H2,2-3H3/b6-4-,8-5-. The molecule has 3 heteroatoms. The van der Waals surface area contributed by atoms with Gasteiger partial charge in [-0.3, -0.25) is 4.90 Å². The third-order valence-corrected chi connectivity index (χ3v) is 3.17. The van der Waals surface area contributed by atoms with Crippen molar-refractivity contribution in [2.24, 2.45) is 0 Å². The second-order valence-corrected chi connectivity index (χ2v) is 5.52. The summed E-state index contributed by atoms with van der Waals surface area (Å²) in [4.78, 5) is 2.15. The summed E-state index contributed by atoms with van der Waals surface area (Å²) in [7, 11) is 0. The summed E-state index contributed by atoms with van der Waals surface area (Å²) in [6, 6.07) is 0. The Hall–Kier alpha value is -1.35. The van der Waals surface area contributed by atoms with Gasteiger partial charge < -0.3 is 5.32 Å². The summed E-state index contributed by atoms with van der Waals surface area (Å²) < 4.78 is 13.7. The summed E-state index contributed by atoms with van der Waals surface area (Å²) in [5.41, 5.74) is 2.33. The van der Waals surface area contributed by atoms with Crippen LogP contribution in [-0.2, 0) is 0 Å². The number of hydrogen-bond donors (Lipinski definition) is 1. The molecule has 2 aliphatic rings. The van der Waals surface area contributed by atoms with Gasteiger partial charge in [0.05, 0.1) is 0 Å². The molecule has 0 atom stereocenters. The van der Waals surface area contributed by atoms with E-state index in [1.165, 1.54) is 5.57 Å². The smallest absolute Gasteiger partial charge is 0.118 e. The average Bonchev–Trinajstić information content (AvgIpc) is 2.23. The first kappa shape index (κ1) is 13.1. The van der Waals surface area contributed by atoms with Crippen LogP contribution in [0, 0.1) is 0 Å². The number of nitrogens with one attached hydrogen (secondary N) is 1. The average molecular weight is 248 g/mol. The molecule has 0 fully saturated rings. The zero-order chi connectivity index (χ0) is 13.2. The molecule has 2 aliphatic heterocycles. The molecule has 18 heavy (non-hydrogen) atoms. The Morgan fingerprint density at radius 3 is 2.94 bits per heavy atom. The van der Waals surface area contributed by atoms with Crippen LogP contribution >= 0.6 is 0 Å². The number of halogens is 1. The molecule has 0 aromatic rings. The van der Waals surface area contributed by atoms with Gasteiger partial charge >= 0.3 is 0 Å². The number of hydrogen-bond acceptors (Lipinski definition) is 2.